The maximum absolute atomic E-state index is 13.5. The second kappa shape index (κ2) is 9.85. The maximum atomic E-state index is 13.5. The van der Waals surface area contributed by atoms with Crippen LogP contribution in [0.15, 0.2) is 24.3 Å². The molecule has 0 spiro atoms. The van der Waals surface area contributed by atoms with Gasteiger partial charge >= 0.3 is 0 Å². The number of carbonyl (C=O) groups excluding carboxylic acids is 1. The molecule has 1 aromatic rings. The number of amides is 1. The standard InChI is InChI=1S/C22H33N3O5S/c1-23-19-10-6-12-25(31(27,28)24-13-15-29-16-14-24)20(19)9-4-2-7-18-8-3-5-11-21(18)30-17-22(23)26/h3,5,8,11,19-20H,2,4,6-7,9-10,12-17H2,1H3/t19-,20-/m1/s1. The normalized spacial score (nSPS) is 27.4. The van der Waals surface area contributed by atoms with Crippen LogP contribution < -0.4 is 4.74 Å². The van der Waals surface area contributed by atoms with Crippen molar-refractivity contribution in [3.63, 3.8) is 0 Å². The van der Waals surface area contributed by atoms with E-state index in [0.29, 0.717) is 32.8 Å². The second-order valence-electron chi connectivity index (χ2n) is 8.55. The van der Waals surface area contributed by atoms with Crippen LogP contribution in [-0.4, -0.2) is 86.4 Å². The fraction of sp³-hybridized carbons (Fsp3) is 0.682. The van der Waals surface area contributed by atoms with Crippen molar-refractivity contribution in [3.8, 4) is 5.75 Å². The van der Waals surface area contributed by atoms with Crippen LogP contribution in [-0.2, 0) is 26.2 Å². The van der Waals surface area contributed by atoms with E-state index in [1.54, 1.807) is 16.3 Å². The summed E-state index contributed by atoms with van der Waals surface area (Å²) >= 11 is 0. The van der Waals surface area contributed by atoms with Gasteiger partial charge < -0.3 is 14.4 Å². The Morgan fingerprint density at radius 3 is 2.52 bits per heavy atom. The number of nitrogens with zero attached hydrogens (tertiary/aromatic N) is 3. The number of likely N-dealkylation sites (N-methyl/N-ethyl adjacent to an activating group) is 1. The van der Waals surface area contributed by atoms with E-state index in [4.69, 9.17) is 9.47 Å². The Morgan fingerprint density at radius 1 is 0.968 bits per heavy atom. The van der Waals surface area contributed by atoms with Crippen LogP contribution in [0.4, 0.5) is 0 Å². The van der Waals surface area contributed by atoms with Crippen molar-refractivity contribution < 1.29 is 22.7 Å². The highest BCUT2D eigenvalue weighted by Gasteiger charge is 2.43. The summed E-state index contributed by atoms with van der Waals surface area (Å²) in [6, 6.07) is 7.49. The molecule has 1 aromatic carbocycles. The lowest BCUT2D eigenvalue weighted by molar-refractivity contribution is -0.136. The number of hydrogen-bond acceptors (Lipinski definition) is 5. The number of ether oxygens (including phenoxy) is 2. The van der Waals surface area contributed by atoms with Crippen molar-refractivity contribution in [1.82, 2.24) is 13.5 Å². The van der Waals surface area contributed by atoms with Crippen LogP contribution in [0.2, 0.25) is 0 Å². The average Bonchev–Trinajstić information content (AvgIpc) is 2.80. The zero-order valence-corrected chi connectivity index (χ0v) is 19.1. The van der Waals surface area contributed by atoms with Crippen molar-refractivity contribution in [3.05, 3.63) is 29.8 Å². The van der Waals surface area contributed by atoms with Crippen molar-refractivity contribution in [2.75, 3.05) is 46.5 Å². The molecule has 0 radical (unpaired) electrons. The zero-order chi connectivity index (χ0) is 21.8. The number of fused-ring (bicyclic) bond motifs is 2. The summed E-state index contributed by atoms with van der Waals surface area (Å²) < 4.78 is 41.4. The minimum Gasteiger partial charge on any atom is -0.483 e. The van der Waals surface area contributed by atoms with Gasteiger partial charge in [-0.2, -0.15) is 17.0 Å². The molecule has 3 aliphatic heterocycles. The fourth-order valence-electron chi connectivity index (χ4n) is 4.95. The molecule has 172 valence electrons. The number of carbonyl (C=O) groups is 1. The quantitative estimate of drug-likeness (QED) is 0.683. The van der Waals surface area contributed by atoms with Gasteiger partial charge in [-0.1, -0.05) is 24.6 Å². The summed E-state index contributed by atoms with van der Waals surface area (Å²) in [4.78, 5) is 14.7. The number of piperidine rings is 1. The topological polar surface area (TPSA) is 79.4 Å². The minimum atomic E-state index is -3.59. The zero-order valence-electron chi connectivity index (χ0n) is 18.2. The molecular weight excluding hydrogens is 418 g/mol. The van der Waals surface area contributed by atoms with Crippen LogP contribution in [0.5, 0.6) is 5.75 Å². The Kier molecular flexibility index (Phi) is 7.15. The highest BCUT2D eigenvalue weighted by Crippen LogP contribution is 2.31. The van der Waals surface area contributed by atoms with E-state index in [0.717, 1.165) is 49.8 Å². The number of benzene rings is 1. The van der Waals surface area contributed by atoms with E-state index in [-0.39, 0.29) is 24.6 Å². The van der Waals surface area contributed by atoms with Crippen LogP contribution in [0.3, 0.4) is 0 Å². The molecule has 3 heterocycles. The molecule has 0 bridgehead atoms. The molecule has 1 amide bonds. The predicted octanol–water partition coefficient (Wildman–Crippen LogP) is 1.66. The summed E-state index contributed by atoms with van der Waals surface area (Å²) in [7, 11) is -1.81. The van der Waals surface area contributed by atoms with E-state index >= 15 is 0 Å². The molecule has 0 aliphatic carbocycles. The van der Waals surface area contributed by atoms with E-state index in [9.17, 15) is 13.2 Å². The van der Waals surface area contributed by atoms with E-state index in [2.05, 4.69) is 0 Å². The van der Waals surface area contributed by atoms with Gasteiger partial charge in [-0.3, -0.25) is 4.79 Å². The first-order valence-corrected chi connectivity index (χ1v) is 12.7. The van der Waals surface area contributed by atoms with Crippen LogP contribution >= 0.6 is 0 Å². The summed E-state index contributed by atoms with van der Waals surface area (Å²) in [6.07, 6.45) is 4.99. The molecular formula is C22H33N3O5S. The molecule has 0 aromatic heterocycles. The molecule has 31 heavy (non-hydrogen) atoms. The van der Waals surface area contributed by atoms with Crippen molar-refractivity contribution in [2.45, 2.75) is 50.6 Å². The Hall–Kier alpha value is -1.68. The lowest BCUT2D eigenvalue weighted by atomic mass is 9.92. The van der Waals surface area contributed by atoms with Crippen molar-refractivity contribution >= 4 is 16.1 Å². The molecule has 9 heteroatoms. The smallest absolute Gasteiger partial charge is 0.282 e. The van der Waals surface area contributed by atoms with E-state index in [1.807, 2.05) is 24.3 Å². The van der Waals surface area contributed by atoms with Gasteiger partial charge in [0, 0.05) is 38.8 Å². The van der Waals surface area contributed by atoms with Crippen LogP contribution in [0, 0.1) is 0 Å². The number of morpholine rings is 1. The molecule has 2 fully saturated rings. The maximum Gasteiger partial charge on any atom is 0.282 e. The van der Waals surface area contributed by atoms with Gasteiger partial charge in [-0.05, 0) is 43.7 Å². The monoisotopic (exact) mass is 451 g/mol. The molecule has 2 saturated heterocycles. The molecule has 2 atom stereocenters. The highest BCUT2D eigenvalue weighted by atomic mass is 32.2. The Morgan fingerprint density at radius 2 is 1.71 bits per heavy atom. The van der Waals surface area contributed by atoms with Gasteiger partial charge in [-0.15, -0.1) is 0 Å². The fourth-order valence-corrected chi connectivity index (χ4v) is 6.81. The van der Waals surface area contributed by atoms with Gasteiger partial charge in [-0.25, -0.2) is 0 Å². The second-order valence-corrected chi connectivity index (χ2v) is 10.4. The minimum absolute atomic E-state index is 0.0348. The summed E-state index contributed by atoms with van der Waals surface area (Å²) in [5, 5.41) is 0. The lowest BCUT2D eigenvalue weighted by Gasteiger charge is -2.46. The number of para-hydroxylation sites is 1. The number of hydrogen-bond donors (Lipinski definition) is 0. The summed E-state index contributed by atoms with van der Waals surface area (Å²) in [5.74, 6) is 0.650. The van der Waals surface area contributed by atoms with Gasteiger partial charge in [0.15, 0.2) is 6.61 Å². The first-order chi connectivity index (χ1) is 15.0. The molecule has 4 rings (SSSR count). The van der Waals surface area contributed by atoms with Gasteiger partial charge in [0.25, 0.3) is 16.1 Å². The van der Waals surface area contributed by atoms with Crippen molar-refractivity contribution in [2.24, 2.45) is 0 Å². The SMILES string of the molecule is CN1C(=O)COc2ccccc2CCCC[C@@H]2[C@H]1CCCN2S(=O)(=O)N1CCOCC1. The largest absolute Gasteiger partial charge is 0.483 e. The number of aryl methyl sites for hydroxylation is 1. The first kappa shape index (κ1) is 22.5. The molecule has 0 N–H and O–H groups in total. The van der Waals surface area contributed by atoms with E-state index in [1.165, 1.54) is 4.31 Å². The van der Waals surface area contributed by atoms with Crippen LogP contribution in [0.25, 0.3) is 0 Å². The third-order valence-corrected chi connectivity index (χ3v) is 8.76. The molecule has 3 aliphatic rings. The molecule has 8 nitrogen and oxygen atoms in total. The van der Waals surface area contributed by atoms with Crippen LogP contribution in [0.1, 0.15) is 37.7 Å². The Balaban J connectivity index is 1.58. The van der Waals surface area contributed by atoms with Gasteiger partial charge in [0.2, 0.25) is 0 Å². The molecule has 0 unspecified atom stereocenters. The third kappa shape index (κ3) is 4.89. The summed E-state index contributed by atoms with van der Waals surface area (Å²) in [5.41, 5.74) is 1.09. The average molecular weight is 452 g/mol. The predicted molar refractivity (Wildman–Crippen MR) is 117 cm³/mol. The number of rotatable bonds is 2. The Bertz CT molecular complexity index is 872. The Labute approximate surface area is 185 Å². The van der Waals surface area contributed by atoms with Crippen molar-refractivity contribution in [1.29, 1.82) is 0 Å². The van der Waals surface area contributed by atoms with E-state index < -0.39 is 10.2 Å². The lowest BCUT2D eigenvalue weighted by Crippen LogP contribution is -2.61. The van der Waals surface area contributed by atoms with Gasteiger partial charge in [0.1, 0.15) is 5.75 Å². The molecule has 0 saturated carbocycles. The first-order valence-electron chi connectivity index (χ1n) is 11.3. The third-order valence-electron chi connectivity index (χ3n) is 6.70. The summed E-state index contributed by atoms with van der Waals surface area (Å²) in [6.45, 7) is 2.09. The highest BCUT2D eigenvalue weighted by molar-refractivity contribution is 7.86. The van der Waals surface area contributed by atoms with Gasteiger partial charge in [0.05, 0.1) is 13.2 Å².